The van der Waals surface area contributed by atoms with E-state index in [4.69, 9.17) is 0 Å². The van der Waals surface area contributed by atoms with Gasteiger partial charge < -0.3 is 10.2 Å². The molecule has 0 aromatic heterocycles. The molecule has 2 saturated heterocycles. The first-order chi connectivity index (χ1) is 8.96. The highest BCUT2D eigenvalue weighted by atomic mass is 32.2. The van der Waals surface area contributed by atoms with E-state index in [1.165, 1.54) is 11.8 Å². The van der Waals surface area contributed by atoms with Crippen molar-refractivity contribution in [2.75, 3.05) is 36.9 Å². The molecule has 2 aliphatic rings. The minimum Gasteiger partial charge on any atom is -0.354 e. The molecule has 0 saturated carbocycles. The number of hydrogen-bond donors (Lipinski definition) is 1. The van der Waals surface area contributed by atoms with Crippen LogP contribution in [0.4, 0.5) is 0 Å². The molecule has 2 fully saturated rings. The number of rotatable bonds is 3. The Morgan fingerprint density at radius 1 is 1.42 bits per heavy atom. The first-order valence-corrected chi connectivity index (χ1v) is 9.20. The van der Waals surface area contributed by atoms with E-state index < -0.39 is 9.84 Å². The van der Waals surface area contributed by atoms with Gasteiger partial charge in [-0.05, 0) is 6.42 Å². The van der Waals surface area contributed by atoms with Gasteiger partial charge in [-0.15, -0.1) is 11.8 Å². The standard InChI is InChI=1S/C11H18N2O4S2/c14-10-1-4-13(5-3-12-10)11(15)7-18-9-2-6-19(16,17)8-9/h9H,1-8H2,(H,12,14). The van der Waals surface area contributed by atoms with Crippen molar-refractivity contribution in [1.29, 1.82) is 0 Å². The lowest BCUT2D eigenvalue weighted by Gasteiger charge is -2.20. The quantitative estimate of drug-likeness (QED) is 0.742. The third kappa shape index (κ3) is 4.38. The topological polar surface area (TPSA) is 83.6 Å². The Labute approximate surface area is 117 Å². The van der Waals surface area contributed by atoms with E-state index in [0.717, 1.165) is 0 Å². The van der Waals surface area contributed by atoms with Crippen LogP contribution in [0.5, 0.6) is 0 Å². The average molecular weight is 306 g/mol. The minimum atomic E-state index is -2.88. The number of carbonyl (C=O) groups is 2. The van der Waals surface area contributed by atoms with Crippen LogP contribution in [-0.4, -0.2) is 67.3 Å². The van der Waals surface area contributed by atoms with Crippen molar-refractivity contribution in [3.05, 3.63) is 0 Å². The predicted molar refractivity (Wildman–Crippen MR) is 73.7 cm³/mol. The Bertz CT molecular complexity index is 463. The van der Waals surface area contributed by atoms with Crippen molar-refractivity contribution in [2.45, 2.75) is 18.1 Å². The number of sulfone groups is 1. The SMILES string of the molecule is O=C1CCN(C(=O)CSC2CCS(=O)(=O)C2)CCN1. The zero-order valence-electron chi connectivity index (χ0n) is 10.6. The summed E-state index contributed by atoms with van der Waals surface area (Å²) in [5.41, 5.74) is 0. The largest absolute Gasteiger partial charge is 0.354 e. The lowest BCUT2D eigenvalue weighted by Crippen LogP contribution is -2.35. The highest BCUT2D eigenvalue weighted by molar-refractivity contribution is 8.02. The van der Waals surface area contributed by atoms with E-state index >= 15 is 0 Å². The van der Waals surface area contributed by atoms with Gasteiger partial charge in [-0.25, -0.2) is 8.42 Å². The summed E-state index contributed by atoms with van der Waals surface area (Å²) in [4.78, 5) is 24.8. The zero-order valence-corrected chi connectivity index (χ0v) is 12.3. The molecule has 2 rings (SSSR count). The van der Waals surface area contributed by atoms with E-state index in [9.17, 15) is 18.0 Å². The number of amides is 2. The molecule has 6 nitrogen and oxygen atoms in total. The molecule has 2 aliphatic heterocycles. The molecule has 1 unspecified atom stereocenters. The van der Waals surface area contributed by atoms with Crippen LogP contribution in [0.25, 0.3) is 0 Å². The maximum Gasteiger partial charge on any atom is 0.232 e. The van der Waals surface area contributed by atoms with Crippen LogP contribution in [-0.2, 0) is 19.4 Å². The monoisotopic (exact) mass is 306 g/mol. The molecule has 0 aromatic rings. The fourth-order valence-electron chi connectivity index (χ4n) is 2.19. The molecule has 0 aromatic carbocycles. The second kappa shape index (κ2) is 6.13. The van der Waals surface area contributed by atoms with E-state index in [1.54, 1.807) is 4.90 Å². The number of hydrogen-bond acceptors (Lipinski definition) is 5. The van der Waals surface area contributed by atoms with Crippen LogP contribution in [0, 0.1) is 0 Å². The van der Waals surface area contributed by atoms with Gasteiger partial charge in [0.25, 0.3) is 0 Å². The molecule has 1 N–H and O–H groups in total. The fraction of sp³-hybridized carbons (Fsp3) is 0.818. The van der Waals surface area contributed by atoms with Crippen LogP contribution in [0.3, 0.4) is 0 Å². The molecular formula is C11H18N2O4S2. The number of nitrogens with one attached hydrogen (secondary N) is 1. The summed E-state index contributed by atoms with van der Waals surface area (Å²) in [5, 5.41) is 2.76. The molecule has 0 radical (unpaired) electrons. The van der Waals surface area contributed by atoms with Crippen molar-refractivity contribution in [3.8, 4) is 0 Å². The van der Waals surface area contributed by atoms with Gasteiger partial charge in [0.15, 0.2) is 9.84 Å². The molecule has 0 spiro atoms. The highest BCUT2D eigenvalue weighted by Gasteiger charge is 2.29. The molecule has 8 heteroatoms. The van der Waals surface area contributed by atoms with Crippen molar-refractivity contribution in [2.24, 2.45) is 0 Å². The van der Waals surface area contributed by atoms with Crippen LogP contribution in [0.2, 0.25) is 0 Å². The molecule has 2 amide bonds. The summed E-state index contributed by atoms with van der Waals surface area (Å²) in [6.07, 6.45) is 0.981. The fourth-order valence-corrected chi connectivity index (χ4v) is 5.73. The van der Waals surface area contributed by atoms with Gasteiger partial charge in [0.2, 0.25) is 11.8 Å². The minimum absolute atomic E-state index is 0.00852. The molecule has 108 valence electrons. The van der Waals surface area contributed by atoms with E-state index in [0.29, 0.717) is 38.2 Å². The molecule has 0 bridgehead atoms. The summed E-state index contributed by atoms with van der Waals surface area (Å²) >= 11 is 1.42. The van der Waals surface area contributed by atoms with Crippen molar-refractivity contribution >= 4 is 33.4 Å². The summed E-state index contributed by atoms with van der Waals surface area (Å²) in [6.45, 7) is 1.48. The second-order valence-corrected chi connectivity index (χ2v) is 8.33. The Balaban J connectivity index is 1.76. The summed E-state index contributed by atoms with van der Waals surface area (Å²) < 4.78 is 22.6. The van der Waals surface area contributed by atoms with Gasteiger partial charge in [-0.1, -0.05) is 0 Å². The van der Waals surface area contributed by atoms with Crippen LogP contribution >= 0.6 is 11.8 Å². The summed E-state index contributed by atoms with van der Waals surface area (Å²) in [5.74, 6) is 0.691. The lowest BCUT2D eigenvalue weighted by atomic mass is 10.4. The van der Waals surface area contributed by atoms with Gasteiger partial charge >= 0.3 is 0 Å². The van der Waals surface area contributed by atoms with Gasteiger partial charge in [0.05, 0.1) is 17.3 Å². The first kappa shape index (κ1) is 14.6. The number of carbonyl (C=O) groups excluding carboxylic acids is 2. The predicted octanol–water partition coefficient (Wildman–Crippen LogP) is -0.745. The molecule has 2 heterocycles. The van der Waals surface area contributed by atoms with Crippen LogP contribution < -0.4 is 5.32 Å². The maximum atomic E-state index is 12.0. The van der Waals surface area contributed by atoms with E-state index in [2.05, 4.69) is 5.32 Å². The third-order valence-electron chi connectivity index (χ3n) is 3.30. The van der Waals surface area contributed by atoms with Crippen LogP contribution in [0.1, 0.15) is 12.8 Å². The smallest absolute Gasteiger partial charge is 0.232 e. The molecular weight excluding hydrogens is 288 g/mol. The average Bonchev–Trinajstić information content (AvgIpc) is 2.56. The van der Waals surface area contributed by atoms with Crippen molar-refractivity contribution in [1.82, 2.24) is 10.2 Å². The van der Waals surface area contributed by atoms with Gasteiger partial charge in [0, 0.05) is 31.3 Å². The highest BCUT2D eigenvalue weighted by Crippen LogP contribution is 2.24. The number of nitrogens with zero attached hydrogens (tertiary/aromatic N) is 1. The van der Waals surface area contributed by atoms with Gasteiger partial charge in [-0.3, -0.25) is 9.59 Å². The van der Waals surface area contributed by atoms with Crippen LogP contribution in [0.15, 0.2) is 0 Å². The van der Waals surface area contributed by atoms with Crippen molar-refractivity contribution < 1.29 is 18.0 Å². The van der Waals surface area contributed by atoms with E-state index in [1.807, 2.05) is 0 Å². The van der Waals surface area contributed by atoms with Crippen molar-refractivity contribution in [3.63, 3.8) is 0 Å². The second-order valence-electron chi connectivity index (χ2n) is 4.82. The lowest BCUT2D eigenvalue weighted by molar-refractivity contribution is -0.128. The summed E-state index contributed by atoms with van der Waals surface area (Å²) in [6, 6.07) is 0. The normalized spacial score (nSPS) is 26.8. The molecule has 0 aliphatic carbocycles. The Morgan fingerprint density at radius 2 is 2.21 bits per heavy atom. The number of thioether (sulfide) groups is 1. The van der Waals surface area contributed by atoms with E-state index in [-0.39, 0.29) is 28.6 Å². The van der Waals surface area contributed by atoms with Gasteiger partial charge in [0.1, 0.15) is 0 Å². The Hall–Kier alpha value is -0.760. The first-order valence-electron chi connectivity index (χ1n) is 6.33. The third-order valence-corrected chi connectivity index (χ3v) is 6.56. The van der Waals surface area contributed by atoms with Gasteiger partial charge in [-0.2, -0.15) is 0 Å². The Morgan fingerprint density at radius 3 is 2.89 bits per heavy atom. The maximum absolute atomic E-state index is 12.0. The molecule has 1 atom stereocenters. The zero-order chi connectivity index (χ0) is 13.9. The molecule has 19 heavy (non-hydrogen) atoms. The Kier molecular flexibility index (Phi) is 4.72. The summed E-state index contributed by atoms with van der Waals surface area (Å²) in [7, 11) is -2.88.